The molecule has 0 aliphatic carbocycles. The van der Waals surface area contributed by atoms with Gasteiger partial charge >= 0.3 is 0 Å². The van der Waals surface area contributed by atoms with E-state index in [0.29, 0.717) is 28.7 Å². The van der Waals surface area contributed by atoms with Crippen LogP contribution < -0.4 is 14.8 Å². The molecule has 2 heterocycles. The Morgan fingerprint density at radius 1 is 1.19 bits per heavy atom. The van der Waals surface area contributed by atoms with Crippen LogP contribution in [-0.2, 0) is 4.79 Å². The van der Waals surface area contributed by atoms with Gasteiger partial charge in [0.15, 0.2) is 0 Å². The zero-order valence-electron chi connectivity index (χ0n) is 14.9. The fourth-order valence-corrected chi connectivity index (χ4v) is 3.39. The molecular weight excluding hydrogens is 349 g/mol. The van der Waals surface area contributed by atoms with Crippen molar-refractivity contribution >= 4 is 11.7 Å². The first-order valence-corrected chi connectivity index (χ1v) is 8.45. The lowest BCUT2D eigenvalue weighted by Gasteiger charge is -2.25. The second-order valence-electron chi connectivity index (χ2n) is 6.24. The molecule has 1 atom stereocenters. The number of carbonyl (C=O) groups excluding carboxylic acids is 1. The number of nitrogens with zero attached hydrogens (tertiary/aromatic N) is 2. The zero-order chi connectivity index (χ0) is 19.0. The molecule has 0 fully saturated rings. The maximum atomic E-state index is 13.6. The number of halogens is 1. The molecular formula is C20H18FN3O3. The summed E-state index contributed by atoms with van der Waals surface area (Å²) in [7, 11) is 3.16. The number of anilines is 1. The number of carbonyl (C=O) groups is 1. The molecule has 1 amide bonds. The Morgan fingerprint density at radius 2 is 2.04 bits per heavy atom. The number of imidazole rings is 1. The van der Waals surface area contributed by atoms with Crippen LogP contribution in [-0.4, -0.2) is 29.7 Å². The van der Waals surface area contributed by atoms with E-state index in [9.17, 15) is 9.18 Å². The van der Waals surface area contributed by atoms with Gasteiger partial charge in [-0.05, 0) is 24.3 Å². The van der Waals surface area contributed by atoms with Crippen LogP contribution in [0, 0.1) is 5.82 Å². The molecule has 1 N–H and O–H groups in total. The van der Waals surface area contributed by atoms with Gasteiger partial charge in [0, 0.05) is 24.0 Å². The number of fused-ring (bicyclic) bond motifs is 1. The average Bonchev–Trinajstić information content (AvgIpc) is 3.10. The highest BCUT2D eigenvalue weighted by Crippen LogP contribution is 2.41. The van der Waals surface area contributed by atoms with Crippen LogP contribution in [0.1, 0.15) is 23.6 Å². The second-order valence-corrected chi connectivity index (χ2v) is 6.24. The van der Waals surface area contributed by atoms with Crippen LogP contribution in [0.15, 0.2) is 48.8 Å². The summed E-state index contributed by atoms with van der Waals surface area (Å²) in [5.74, 6) is 1.07. The molecule has 1 aliphatic rings. The minimum absolute atomic E-state index is 0.136. The largest absolute Gasteiger partial charge is 0.497 e. The molecule has 4 rings (SSSR count). The Hall–Kier alpha value is -3.35. The summed E-state index contributed by atoms with van der Waals surface area (Å²) in [6, 6.07) is 11.6. The average molecular weight is 367 g/mol. The van der Waals surface area contributed by atoms with Crippen molar-refractivity contribution in [1.29, 1.82) is 0 Å². The van der Waals surface area contributed by atoms with Gasteiger partial charge in [-0.2, -0.15) is 0 Å². The number of hydrogen-bond donors (Lipinski definition) is 1. The lowest BCUT2D eigenvalue weighted by atomic mass is 9.89. The Kier molecular flexibility index (Phi) is 4.27. The summed E-state index contributed by atoms with van der Waals surface area (Å²) in [4.78, 5) is 16.9. The highest BCUT2D eigenvalue weighted by atomic mass is 19.1. The number of hydrogen-bond acceptors (Lipinski definition) is 4. The van der Waals surface area contributed by atoms with E-state index in [0.717, 1.165) is 5.56 Å². The Bertz CT molecular complexity index is 1020. The minimum Gasteiger partial charge on any atom is -0.497 e. The number of benzene rings is 2. The van der Waals surface area contributed by atoms with E-state index in [1.165, 1.54) is 12.1 Å². The fraction of sp³-hybridized carbons (Fsp3) is 0.200. The van der Waals surface area contributed by atoms with Gasteiger partial charge in [0.2, 0.25) is 5.91 Å². The lowest BCUT2D eigenvalue weighted by Crippen LogP contribution is -2.25. The van der Waals surface area contributed by atoms with Crippen LogP contribution in [0.5, 0.6) is 11.5 Å². The highest BCUT2D eigenvalue weighted by Gasteiger charge is 2.32. The zero-order valence-corrected chi connectivity index (χ0v) is 14.9. The van der Waals surface area contributed by atoms with Gasteiger partial charge in [-0.3, -0.25) is 9.36 Å². The van der Waals surface area contributed by atoms with Gasteiger partial charge in [0.25, 0.3) is 0 Å². The highest BCUT2D eigenvalue weighted by molar-refractivity contribution is 5.94. The Morgan fingerprint density at radius 3 is 2.78 bits per heavy atom. The number of aromatic nitrogens is 2. The van der Waals surface area contributed by atoms with Crippen molar-refractivity contribution in [2.45, 2.75) is 12.3 Å². The maximum Gasteiger partial charge on any atom is 0.226 e. The molecule has 0 spiro atoms. The molecule has 6 nitrogen and oxygen atoms in total. The maximum absolute atomic E-state index is 13.6. The van der Waals surface area contributed by atoms with Crippen molar-refractivity contribution in [3.05, 3.63) is 65.9 Å². The van der Waals surface area contributed by atoms with Crippen LogP contribution in [0.2, 0.25) is 0 Å². The Labute approximate surface area is 155 Å². The first kappa shape index (κ1) is 17.1. The summed E-state index contributed by atoms with van der Waals surface area (Å²) in [5.41, 5.74) is 2.15. The van der Waals surface area contributed by atoms with Crippen LogP contribution >= 0.6 is 0 Å². The number of methoxy groups -OCH3 is 2. The molecule has 27 heavy (non-hydrogen) atoms. The second kappa shape index (κ2) is 6.75. The van der Waals surface area contributed by atoms with E-state index < -0.39 is 0 Å². The van der Waals surface area contributed by atoms with Gasteiger partial charge in [0.1, 0.15) is 29.5 Å². The smallest absolute Gasteiger partial charge is 0.226 e. The van der Waals surface area contributed by atoms with E-state index in [2.05, 4.69) is 10.3 Å². The predicted octanol–water partition coefficient (Wildman–Crippen LogP) is 3.50. The van der Waals surface area contributed by atoms with Crippen molar-refractivity contribution in [3.63, 3.8) is 0 Å². The minimum atomic E-state index is -0.356. The standard InChI is InChI=1S/C20H18FN3O3/c1-26-14-6-7-15(17(9-14)27-2)16-10-18(25)23-20-19(16)22-11-24(20)13-5-3-4-12(21)8-13/h3-9,11,16H,10H2,1-2H3,(H,23,25)/t16-/m1/s1. The quantitative estimate of drug-likeness (QED) is 0.766. The summed E-state index contributed by atoms with van der Waals surface area (Å²) in [6.45, 7) is 0. The van der Waals surface area contributed by atoms with Gasteiger partial charge in [-0.1, -0.05) is 12.1 Å². The SMILES string of the molecule is COc1ccc([C@H]2CC(=O)Nc3c2ncn3-c2cccc(F)c2)c(OC)c1. The third kappa shape index (κ3) is 3.01. The molecule has 3 aromatic rings. The van der Waals surface area contributed by atoms with Crippen molar-refractivity contribution in [2.24, 2.45) is 0 Å². The molecule has 0 unspecified atom stereocenters. The third-order valence-corrected chi connectivity index (χ3v) is 4.68. The van der Waals surface area contributed by atoms with E-state index in [4.69, 9.17) is 9.47 Å². The first-order chi connectivity index (χ1) is 13.1. The molecule has 7 heteroatoms. The van der Waals surface area contributed by atoms with Crippen molar-refractivity contribution in [2.75, 3.05) is 19.5 Å². The van der Waals surface area contributed by atoms with Crippen molar-refractivity contribution in [1.82, 2.24) is 9.55 Å². The number of rotatable bonds is 4. The van der Waals surface area contributed by atoms with E-state index in [-0.39, 0.29) is 24.1 Å². The van der Waals surface area contributed by atoms with E-state index in [1.54, 1.807) is 43.3 Å². The predicted molar refractivity (Wildman–Crippen MR) is 98.2 cm³/mol. The molecule has 0 radical (unpaired) electrons. The van der Waals surface area contributed by atoms with Crippen molar-refractivity contribution < 1.29 is 18.7 Å². The van der Waals surface area contributed by atoms with Crippen LogP contribution in [0.4, 0.5) is 10.2 Å². The molecule has 0 bridgehead atoms. The number of nitrogens with one attached hydrogen (secondary N) is 1. The van der Waals surface area contributed by atoms with E-state index >= 15 is 0 Å². The molecule has 0 saturated heterocycles. The monoisotopic (exact) mass is 367 g/mol. The molecule has 138 valence electrons. The first-order valence-electron chi connectivity index (χ1n) is 8.45. The third-order valence-electron chi connectivity index (χ3n) is 4.68. The van der Waals surface area contributed by atoms with Crippen LogP contribution in [0.3, 0.4) is 0 Å². The lowest BCUT2D eigenvalue weighted by molar-refractivity contribution is -0.116. The molecule has 0 saturated carbocycles. The number of ether oxygens (including phenoxy) is 2. The summed E-state index contributed by atoms with van der Waals surface area (Å²) in [6.07, 6.45) is 1.84. The topological polar surface area (TPSA) is 65.4 Å². The van der Waals surface area contributed by atoms with E-state index in [1.807, 2.05) is 12.1 Å². The molecule has 1 aliphatic heterocycles. The normalized spacial score (nSPS) is 15.8. The summed E-state index contributed by atoms with van der Waals surface area (Å²) < 4.78 is 26.1. The number of amides is 1. The van der Waals surface area contributed by atoms with Gasteiger partial charge in [-0.25, -0.2) is 9.37 Å². The van der Waals surface area contributed by atoms with Gasteiger partial charge in [0.05, 0.1) is 25.6 Å². The molecule has 2 aromatic carbocycles. The van der Waals surface area contributed by atoms with Gasteiger partial charge in [-0.15, -0.1) is 0 Å². The Balaban J connectivity index is 1.82. The van der Waals surface area contributed by atoms with Crippen molar-refractivity contribution in [3.8, 4) is 17.2 Å². The molecule has 1 aromatic heterocycles. The van der Waals surface area contributed by atoms with Crippen LogP contribution in [0.25, 0.3) is 5.69 Å². The summed E-state index contributed by atoms with van der Waals surface area (Å²) in [5, 5.41) is 2.86. The van der Waals surface area contributed by atoms with Gasteiger partial charge < -0.3 is 14.8 Å². The fourth-order valence-electron chi connectivity index (χ4n) is 3.39. The summed E-state index contributed by atoms with van der Waals surface area (Å²) >= 11 is 0.